The summed E-state index contributed by atoms with van der Waals surface area (Å²) >= 11 is 3.68. The van der Waals surface area contributed by atoms with E-state index in [0.29, 0.717) is 4.83 Å². The van der Waals surface area contributed by atoms with E-state index in [1.807, 2.05) is 0 Å². The minimum atomic E-state index is 0.688. The van der Waals surface area contributed by atoms with Crippen LogP contribution in [0.5, 0.6) is 0 Å². The molecular weight excluding hydrogens is 188 g/mol. The number of hydrogen-bond donors (Lipinski definition) is 0. The highest BCUT2D eigenvalue weighted by molar-refractivity contribution is 9.09. The summed E-state index contributed by atoms with van der Waals surface area (Å²) in [5.74, 6) is 0.922. The van der Waals surface area contributed by atoms with Gasteiger partial charge in [-0.3, -0.25) is 0 Å². The van der Waals surface area contributed by atoms with Crippen LogP contribution in [0.4, 0.5) is 0 Å². The zero-order chi connectivity index (χ0) is 7.40. The molecule has 1 saturated carbocycles. The maximum atomic E-state index is 3.91. The largest absolute Gasteiger partial charge is 0.0888 e. The number of halogens is 1. The van der Waals surface area contributed by atoms with Crippen molar-refractivity contribution in [3.8, 4) is 0 Å². The highest BCUT2D eigenvalue weighted by atomic mass is 79.9. The number of rotatable bonds is 2. The van der Waals surface area contributed by atoms with Crippen LogP contribution in [0, 0.1) is 12.8 Å². The lowest BCUT2D eigenvalue weighted by Crippen LogP contribution is -2.16. The first kappa shape index (κ1) is 8.58. The quantitative estimate of drug-likeness (QED) is 0.603. The maximum Gasteiger partial charge on any atom is 0.0174 e. The van der Waals surface area contributed by atoms with Gasteiger partial charge in [0.05, 0.1) is 0 Å². The summed E-state index contributed by atoms with van der Waals surface area (Å²) in [6, 6.07) is 0. The maximum absolute atomic E-state index is 3.91. The Labute approximate surface area is 72.5 Å². The highest BCUT2D eigenvalue weighted by Gasteiger charge is 2.19. The van der Waals surface area contributed by atoms with E-state index >= 15 is 0 Å². The summed E-state index contributed by atoms with van der Waals surface area (Å²) < 4.78 is 0. The molecule has 1 atom stereocenters. The van der Waals surface area contributed by atoms with Gasteiger partial charge in [0.2, 0.25) is 0 Å². The summed E-state index contributed by atoms with van der Waals surface area (Å²) in [6.45, 7) is 3.91. The Kier molecular flexibility index (Phi) is 3.75. The third kappa shape index (κ3) is 2.26. The molecule has 0 saturated heterocycles. The number of alkyl halides is 1. The molecule has 0 N–H and O–H groups in total. The first-order chi connectivity index (χ1) is 4.84. The molecule has 0 aromatic rings. The van der Waals surface area contributed by atoms with Crippen LogP contribution in [0.3, 0.4) is 0 Å². The van der Waals surface area contributed by atoms with Gasteiger partial charge in [0, 0.05) is 4.83 Å². The third-order valence-corrected chi connectivity index (χ3v) is 3.64. The van der Waals surface area contributed by atoms with Gasteiger partial charge >= 0.3 is 0 Å². The van der Waals surface area contributed by atoms with E-state index in [1.54, 1.807) is 0 Å². The van der Waals surface area contributed by atoms with Gasteiger partial charge in [-0.25, -0.2) is 0 Å². The zero-order valence-corrected chi connectivity index (χ0v) is 8.07. The molecule has 10 heavy (non-hydrogen) atoms. The van der Waals surface area contributed by atoms with Crippen molar-refractivity contribution in [1.82, 2.24) is 0 Å². The summed E-state index contributed by atoms with van der Waals surface area (Å²) in [7, 11) is 0. The van der Waals surface area contributed by atoms with Gasteiger partial charge in [0.1, 0.15) is 0 Å². The van der Waals surface area contributed by atoms with Crippen LogP contribution in [-0.2, 0) is 0 Å². The Hall–Kier alpha value is 0.480. The fourth-order valence-corrected chi connectivity index (χ4v) is 2.26. The van der Waals surface area contributed by atoms with E-state index in [-0.39, 0.29) is 0 Å². The number of hydrogen-bond acceptors (Lipinski definition) is 0. The second kappa shape index (κ2) is 4.38. The molecule has 0 aromatic carbocycles. The van der Waals surface area contributed by atoms with Crippen LogP contribution in [-0.4, -0.2) is 4.83 Å². The van der Waals surface area contributed by atoms with Gasteiger partial charge in [-0.15, -0.1) is 0 Å². The lowest BCUT2D eigenvalue weighted by molar-refractivity contribution is 0.352. The Morgan fingerprint density at radius 2 is 1.90 bits per heavy atom. The molecule has 0 heterocycles. The topological polar surface area (TPSA) is 0 Å². The fraction of sp³-hybridized carbons (Fsp3) is 0.889. The molecule has 0 aliphatic heterocycles. The van der Waals surface area contributed by atoms with E-state index in [1.165, 1.54) is 32.1 Å². The second-order valence-corrected chi connectivity index (χ2v) is 4.38. The molecule has 1 unspecified atom stereocenters. The van der Waals surface area contributed by atoms with Crippen molar-refractivity contribution in [3.63, 3.8) is 0 Å². The summed E-state index contributed by atoms with van der Waals surface area (Å²) in [4.78, 5) is 0.688. The molecule has 1 aliphatic carbocycles. The SMILES string of the molecule is [CH2]CC(Br)C1CCCCC1. The molecule has 0 bridgehead atoms. The van der Waals surface area contributed by atoms with Crippen molar-refractivity contribution < 1.29 is 0 Å². The van der Waals surface area contributed by atoms with Crippen molar-refractivity contribution >= 4 is 15.9 Å². The monoisotopic (exact) mass is 203 g/mol. The van der Waals surface area contributed by atoms with Crippen LogP contribution in [0.25, 0.3) is 0 Å². The smallest absolute Gasteiger partial charge is 0.0174 e. The Balaban J connectivity index is 2.24. The van der Waals surface area contributed by atoms with E-state index in [2.05, 4.69) is 22.9 Å². The highest BCUT2D eigenvalue weighted by Crippen LogP contribution is 2.31. The van der Waals surface area contributed by atoms with E-state index in [0.717, 1.165) is 12.3 Å². The standard InChI is InChI=1S/C9H16Br/c1-2-9(10)8-6-4-3-5-7-8/h8-9H,1-7H2. The Morgan fingerprint density at radius 3 is 2.40 bits per heavy atom. The Bertz CT molecular complexity index is 84.7. The fourth-order valence-electron chi connectivity index (χ4n) is 1.73. The van der Waals surface area contributed by atoms with E-state index in [9.17, 15) is 0 Å². The van der Waals surface area contributed by atoms with Crippen LogP contribution in [0.1, 0.15) is 38.5 Å². The zero-order valence-electron chi connectivity index (χ0n) is 6.48. The first-order valence-electron chi connectivity index (χ1n) is 4.28. The molecule has 1 rings (SSSR count). The van der Waals surface area contributed by atoms with E-state index < -0.39 is 0 Å². The van der Waals surface area contributed by atoms with Gasteiger partial charge in [-0.1, -0.05) is 42.1 Å². The molecule has 0 spiro atoms. The van der Waals surface area contributed by atoms with Gasteiger partial charge in [0.15, 0.2) is 0 Å². The first-order valence-corrected chi connectivity index (χ1v) is 5.19. The molecule has 1 fully saturated rings. The van der Waals surface area contributed by atoms with Crippen molar-refractivity contribution in [2.45, 2.75) is 43.4 Å². The minimum Gasteiger partial charge on any atom is -0.0888 e. The van der Waals surface area contributed by atoms with Crippen LogP contribution >= 0.6 is 15.9 Å². The molecule has 0 aromatic heterocycles. The van der Waals surface area contributed by atoms with E-state index in [4.69, 9.17) is 0 Å². The Morgan fingerprint density at radius 1 is 1.30 bits per heavy atom. The second-order valence-electron chi connectivity index (χ2n) is 3.20. The van der Waals surface area contributed by atoms with Gasteiger partial charge in [-0.2, -0.15) is 0 Å². The average Bonchev–Trinajstić information content (AvgIpc) is 2.05. The van der Waals surface area contributed by atoms with Crippen molar-refractivity contribution in [1.29, 1.82) is 0 Å². The molecule has 59 valence electrons. The van der Waals surface area contributed by atoms with Gasteiger partial charge < -0.3 is 0 Å². The van der Waals surface area contributed by atoms with Gasteiger partial charge in [0.25, 0.3) is 0 Å². The average molecular weight is 204 g/mol. The third-order valence-electron chi connectivity index (χ3n) is 2.44. The molecule has 0 nitrogen and oxygen atoms in total. The normalized spacial score (nSPS) is 24.6. The molecule has 1 heteroatoms. The van der Waals surface area contributed by atoms with Crippen molar-refractivity contribution in [2.24, 2.45) is 5.92 Å². The molecule has 0 amide bonds. The predicted molar refractivity (Wildman–Crippen MR) is 49.3 cm³/mol. The molecule has 1 aliphatic rings. The molecular formula is C9H16Br. The summed E-state index contributed by atoms with van der Waals surface area (Å²) in [6.07, 6.45) is 8.22. The lowest BCUT2D eigenvalue weighted by atomic mass is 9.86. The lowest BCUT2D eigenvalue weighted by Gasteiger charge is -2.25. The molecule has 1 radical (unpaired) electrons. The van der Waals surface area contributed by atoms with Crippen LogP contribution in [0.2, 0.25) is 0 Å². The summed E-state index contributed by atoms with van der Waals surface area (Å²) in [5.41, 5.74) is 0. The van der Waals surface area contributed by atoms with Gasteiger partial charge in [-0.05, 0) is 25.2 Å². The van der Waals surface area contributed by atoms with Crippen molar-refractivity contribution in [3.05, 3.63) is 6.92 Å². The predicted octanol–water partition coefficient (Wildman–Crippen LogP) is 3.55. The summed E-state index contributed by atoms with van der Waals surface area (Å²) in [5, 5.41) is 0. The van der Waals surface area contributed by atoms with Crippen LogP contribution < -0.4 is 0 Å². The van der Waals surface area contributed by atoms with Crippen molar-refractivity contribution in [2.75, 3.05) is 0 Å². The van der Waals surface area contributed by atoms with Crippen LogP contribution in [0.15, 0.2) is 0 Å². The minimum absolute atomic E-state index is 0.688.